The Morgan fingerprint density at radius 3 is 2.92 bits per heavy atom. The molecule has 2 heterocycles. The van der Waals surface area contributed by atoms with E-state index in [1.165, 1.54) is 0 Å². The van der Waals surface area contributed by atoms with E-state index in [9.17, 15) is 4.79 Å². The Bertz CT molecular complexity index is 506. The maximum absolute atomic E-state index is 11.6. The number of likely N-dealkylation sites (tertiary alicyclic amines) is 1. The molecule has 0 saturated carbocycles. The molecule has 1 atom stereocenters. The zero-order chi connectivity index (χ0) is 17.9. The van der Waals surface area contributed by atoms with Crippen molar-refractivity contribution in [1.82, 2.24) is 25.0 Å². The van der Waals surface area contributed by atoms with Crippen molar-refractivity contribution in [3.8, 4) is 0 Å². The van der Waals surface area contributed by atoms with Crippen LogP contribution in [0.4, 0.5) is 4.79 Å². The first-order chi connectivity index (χ1) is 11.5. The number of carbonyl (C=O) groups is 2. The molecule has 1 aromatic heterocycles. The fourth-order valence-electron chi connectivity index (χ4n) is 2.57. The van der Waals surface area contributed by atoms with Gasteiger partial charge in [-0.1, -0.05) is 0 Å². The predicted octanol–water partition coefficient (Wildman–Crippen LogP) is 0.923. The Kier molecular flexibility index (Phi) is 8.77. The van der Waals surface area contributed by atoms with Crippen LogP contribution in [0.2, 0.25) is 0 Å². The zero-order valence-corrected chi connectivity index (χ0v) is 14.5. The molecule has 1 aliphatic heterocycles. The van der Waals surface area contributed by atoms with Crippen molar-refractivity contribution in [3.63, 3.8) is 0 Å². The van der Waals surface area contributed by atoms with E-state index < -0.39 is 0 Å². The molecule has 136 valence electrons. The third kappa shape index (κ3) is 6.15. The van der Waals surface area contributed by atoms with Crippen LogP contribution in [-0.2, 0) is 16.0 Å². The van der Waals surface area contributed by atoms with Gasteiger partial charge in [-0.15, -0.1) is 10.2 Å². The van der Waals surface area contributed by atoms with E-state index in [-0.39, 0.29) is 12.6 Å². The van der Waals surface area contributed by atoms with Crippen molar-refractivity contribution in [1.29, 1.82) is 0 Å². The largest absolute Gasteiger partial charge is 0.483 e. The monoisotopic (exact) mass is 341 g/mol. The Hall–Kier alpha value is -2.16. The molecule has 24 heavy (non-hydrogen) atoms. The van der Waals surface area contributed by atoms with Gasteiger partial charge in [0.2, 0.25) is 0 Å². The molecule has 1 amide bonds. The molecule has 2 N–H and O–H groups in total. The standard InChI is InChI=1S/C14H25N5O2.CH2O2/c1-4-21-14(20)18-8-6-12(9-18)15-7-5-13-17-16-10-19(13)11(2)3;2-1-3/h10-12,15H,4-9H2,1-3H3;1H,(H,2,3). The molecule has 9 heteroatoms. The number of carboxylic acid groups (broad SMARTS) is 1. The second kappa shape index (κ2) is 10.6. The molecule has 9 nitrogen and oxygen atoms in total. The highest BCUT2D eigenvalue weighted by atomic mass is 16.6. The van der Waals surface area contributed by atoms with Gasteiger partial charge < -0.3 is 24.6 Å². The predicted molar refractivity (Wildman–Crippen MR) is 87.8 cm³/mol. The molecule has 0 bridgehead atoms. The summed E-state index contributed by atoms with van der Waals surface area (Å²) in [6.07, 6.45) is 3.38. The average molecular weight is 341 g/mol. The van der Waals surface area contributed by atoms with Gasteiger partial charge >= 0.3 is 6.09 Å². The Morgan fingerprint density at radius 2 is 2.29 bits per heavy atom. The van der Waals surface area contributed by atoms with E-state index in [1.807, 2.05) is 6.92 Å². The summed E-state index contributed by atoms with van der Waals surface area (Å²) in [5, 5.41) is 18.5. The second-order valence-electron chi connectivity index (χ2n) is 5.69. The molecule has 2 rings (SSSR count). The minimum atomic E-state index is -0.250. The average Bonchev–Trinajstić information content (AvgIpc) is 3.17. The Balaban J connectivity index is 0.000000891. The summed E-state index contributed by atoms with van der Waals surface area (Å²) >= 11 is 0. The fraction of sp³-hybridized carbons (Fsp3) is 0.733. The van der Waals surface area contributed by atoms with Crippen LogP contribution in [0.3, 0.4) is 0 Å². The maximum atomic E-state index is 11.6. The molecule has 0 spiro atoms. The highest BCUT2D eigenvalue weighted by Gasteiger charge is 2.26. The van der Waals surface area contributed by atoms with Gasteiger partial charge in [0, 0.05) is 38.1 Å². The summed E-state index contributed by atoms with van der Waals surface area (Å²) < 4.78 is 7.10. The SMILES string of the molecule is CCOC(=O)N1CCC(NCCc2nncn2C(C)C)C1.O=CO. The smallest absolute Gasteiger partial charge is 0.409 e. The molecule has 0 aliphatic carbocycles. The van der Waals surface area contributed by atoms with E-state index in [2.05, 4.69) is 33.9 Å². The molecular formula is C15H27N5O4. The van der Waals surface area contributed by atoms with Crippen molar-refractivity contribution >= 4 is 12.6 Å². The van der Waals surface area contributed by atoms with Gasteiger partial charge in [0.25, 0.3) is 6.47 Å². The number of ether oxygens (including phenoxy) is 1. The third-order valence-electron chi connectivity index (χ3n) is 3.70. The van der Waals surface area contributed by atoms with Gasteiger partial charge in [0.05, 0.1) is 6.61 Å². The lowest BCUT2D eigenvalue weighted by Gasteiger charge is -2.16. The fourth-order valence-corrected chi connectivity index (χ4v) is 2.57. The van der Waals surface area contributed by atoms with Gasteiger partial charge in [-0.3, -0.25) is 4.79 Å². The van der Waals surface area contributed by atoms with E-state index in [0.717, 1.165) is 38.3 Å². The summed E-state index contributed by atoms with van der Waals surface area (Å²) in [7, 11) is 0. The highest BCUT2D eigenvalue weighted by molar-refractivity contribution is 5.68. The van der Waals surface area contributed by atoms with Crippen LogP contribution in [0.25, 0.3) is 0 Å². The molecule has 0 radical (unpaired) electrons. The Labute approximate surface area is 142 Å². The Morgan fingerprint density at radius 1 is 1.58 bits per heavy atom. The van der Waals surface area contributed by atoms with Gasteiger partial charge in [0.15, 0.2) is 0 Å². The molecule has 1 fully saturated rings. The van der Waals surface area contributed by atoms with Crippen LogP contribution in [0, 0.1) is 0 Å². The molecule has 1 unspecified atom stereocenters. The number of nitrogens with zero attached hydrogens (tertiary/aromatic N) is 4. The van der Waals surface area contributed by atoms with Crippen LogP contribution < -0.4 is 5.32 Å². The number of hydrogen-bond acceptors (Lipinski definition) is 6. The van der Waals surface area contributed by atoms with Crippen molar-refractivity contribution in [2.75, 3.05) is 26.2 Å². The van der Waals surface area contributed by atoms with Gasteiger partial charge in [-0.2, -0.15) is 0 Å². The van der Waals surface area contributed by atoms with Crippen molar-refractivity contribution in [2.24, 2.45) is 0 Å². The van der Waals surface area contributed by atoms with E-state index in [0.29, 0.717) is 18.7 Å². The first-order valence-electron chi connectivity index (χ1n) is 8.14. The lowest BCUT2D eigenvalue weighted by molar-refractivity contribution is -0.122. The maximum Gasteiger partial charge on any atom is 0.409 e. The van der Waals surface area contributed by atoms with Gasteiger partial charge in [0.1, 0.15) is 12.2 Å². The third-order valence-corrected chi connectivity index (χ3v) is 3.70. The van der Waals surface area contributed by atoms with Crippen LogP contribution >= 0.6 is 0 Å². The number of amides is 1. The van der Waals surface area contributed by atoms with Crippen LogP contribution in [0.15, 0.2) is 6.33 Å². The van der Waals surface area contributed by atoms with E-state index in [4.69, 9.17) is 14.6 Å². The van der Waals surface area contributed by atoms with Crippen LogP contribution in [-0.4, -0.2) is 69.6 Å². The molecule has 1 aliphatic rings. The summed E-state index contributed by atoms with van der Waals surface area (Å²) in [6, 6.07) is 0.714. The van der Waals surface area contributed by atoms with E-state index >= 15 is 0 Å². The zero-order valence-electron chi connectivity index (χ0n) is 14.5. The topological polar surface area (TPSA) is 110 Å². The van der Waals surface area contributed by atoms with Crippen molar-refractivity contribution < 1.29 is 19.4 Å². The summed E-state index contributed by atoms with van der Waals surface area (Å²) in [5.74, 6) is 0.998. The van der Waals surface area contributed by atoms with Gasteiger partial charge in [-0.25, -0.2) is 4.79 Å². The lowest BCUT2D eigenvalue weighted by Crippen LogP contribution is -2.36. The summed E-state index contributed by atoms with van der Waals surface area (Å²) in [5.41, 5.74) is 0. The first-order valence-corrected chi connectivity index (χ1v) is 8.14. The lowest BCUT2D eigenvalue weighted by atomic mass is 10.2. The van der Waals surface area contributed by atoms with Crippen molar-refractivity contribution in [3.05, 3.63) is 12.2 Å². The van der Waals surface area contributed by atoms with Crippen LogP contribution in [0.1, 0.15) is 39.1 Å². The number of carbonyl (C=O) groups excluding carboxylic acids is 1. The highest BCUT2D eigenvalue weighted by Crippen LogP contribution is 2.11. The number of nitrogens with one attached hydrogen (secondary N) is 1. The van der Waals surface area contributed by atoms with Crippen molar-refractivity contribution in [2.45, 2.75) is 45.7 Å². The molecular weight excluding hydrogens is 314 g/mol. The minimum Gasteiger partial charge on any atom is -0.483 e. The van der Waals surface area contributed by atoms with Crippen LogP contribution in [0.5, 0.6) is 0 Å². The normalized spacial score (nSPS) is 16.7. The summed E-state index contributed by atoms with van der Waals surface area (Å²) in [4.78, 5) is 21.7. The molecule has 1 aromatic rings. The summed E-state index contributed by atoms with van der Waals surface area (Å²) in [6.45, 7) is 8.57. The van der Waals surface area contributed by atoms with E-state index in [1.54, 1.807) is 11.2 Å². The first kappa shape index (κ1) is 19.9. The molecule has 0 aromatic carbocycles. The number of hydrogen-bond donors (Lipinski definition) is 2. The number of rotatable bonds is 6. The quantitative estimate of drug-likeness (QED) is 0.740. The van der Waals surface area contributed by atoms with Gasteiger partial charge in [-0.05, 0) is 27.2 Å². The number of aromatic nitrogens is 3. The second-order valence-corrected chi connectivity index (χ2v) is 5.69. The molecule has 1 saturated heterocycles. The minimum absolute atomic E-state index is 0.207.